The zero-order chi connectivity index (χ0) is 13.7. The molecule has 1 aromatic heterocycles. The van der Waals surface area contributed by atoms with E-state index in [4.69, 9.17) is 4.74 Å². The Morgan fingerprint density at radius 2 is 2.21 bits per heavy atom. The summed E-state index contributed by atoms with van der Waals surface area (Å²) >= 11 is 0. The number of hydrogen-bond acceptors (Lipinski definition) is 5. The zero-order valence-corrected chi connectivity index (χ0v) is 12.2. The fourth-order valence-electron chi connectivity index (χ4n) is 2.28. The van der Waals surface area contributed by atoms with E-state index >= 15 is 0 Å². The normalized spacial score (nSPS) is 19.1. The van der Waals surface area contributed by atoms with Crippen molar-refractivity contribution >= 4 is 5.95 Å². The quantitative estimate of drug-likeness (QED) is 0.779. The molecular weight excluding hydrogens is 240 g/mol. The third-order valence-corrected chi connectivity index (χ3v) is 3.39. The highest BCUT2D eigenvalue weighted by molar-refractivity contribution is 5.26. The molecule has 0 bridgehead atoms. The lowest BCUT2D eigenvalue weighted by Gasteiger charge is -2.19. The standard InChI is InChI=1S/C14H24N4O/c1-17(2)14-15-8-6-12(16-14)11-18(3)9-7-13-5-4-10-19-13/h6,8,13H,4-5,7,9-11H2,1-3H3/t13-/m1/s1. The van der Waals surface area contributed by atoms with E-state index in [0.29, 0.717) is 6.10 Å². The molecule has 1 fully saturated rings. The fourth-order valence-corrected chi connectivity index (χ4v) is 2.28. The average molecular weight is 264 g/mol. The van der Waals surface area contributed by atoms with Crippen LogP contribution in [0.2, 0.25) is 0 Å². The van der Waals surface area contributed by atoms with Gasteiger partial charge in [0.05, 0.1) is 11.8 Å². The van der Waals surface area contributed by atoms with E-state index < -0.39 is 0 Å². The predicted octanol–water partition coefficient (Wildman–Crippen LogP) is 1.54. The lowest BCUT2D eigenvalue weighted by molar-refractivity contribution is 0.0942. The van der Waals surface area contributed by atoms with E-state index in [2.05, 4.69) is 21.9 Å². The number of aromatic nitrogens is 2. The van der Waals surface area contributed by atoms with E-state index in [1.54, 1.807) is 0 Å². The molecule has 0 N–H and O–H groups in total. The molecule has 0 aliphatic carbocycles. The number of hydrogen-bond donors (Lipinski definition) is 0. The molecule has 1 aromatic rings. The topological polar surface area (TPSA) is 41.5 Å². The minimum Gasteiger partial charge on any atom is -0.378 e. The molecule has 0 amide bonds. The minimum absolute atomic E-state index is 0.463. The van der Waals surface area contributed by atoms with Crippen LogP contribution >= 0.6 is 0 Å². The van der Waals surface area contributed by atoms with Crippen LogP contribution in [0.25, 0.3) is 0 Å². The van der Waals surface area contributed by atoms with Gasteiger partial charge in [0.1, 0.15) is 0 Å². The maximum absolute atomic E-state index is 5.65. The minimum atomic E-state index is 0.463. The molecule has 1 atom stereocenters. The lowest BCUT2D eigenvalue weighted by atomic mass is 10.2. The maximum atomic E-state index is 5.65. The highest BCUT2D eigenvalue weighted by Gasteiger charge is 2.15. The largest absolute Gasteiger partial charge is 0.378 e. The van der Waals surface area contributed by atoms with Crippen LogP contribution in [0.1, 0.15) is 25.0 Å². The van der Waals surface area contributed by atoms with Gasteiger partial charge in [-0.2, -0.15) is 0 Å². The summed E-state index contributed by atoms with van der Waals surface area (Å²) in [4.78, 5) is 13.0. The van der Waals surface area contributed by atoms with Crippen LogP contribution in [0.3, 0.4) is 0 Å². The van der Waals surface area contributed by atoms with Crippen LogP contribution < -0.4 is 4.90 Å². The maximum Gasteiger partial charge on any atom is 0.225 e. The second kappa shape index (κ2) is 6.82. The van der Waals surface area contributed by atoms with Crippen molar-refractivity contribution in [2.24, 2.45) is 0 Å². The van der Waals surface area contributed by atoms with Crippen LogP contribution in [-0.2, 0) is 11.3 Å². The van der Waals surface area contributed by atoms with Gasteiger partial charge >= 0.3 is 0 Å². The Labute approximate surface area is 115 Å². The molecule has 2 heterocycles. The van der Waals surface area contributed by atoms with Crippen LogP contribution in [0, 0.1) is 0 Å². The second-order valence-corrected chi connectivity index (χ2v) is 5.40. The monoisotopic (exact) mass is 264 g/mol. The summed E-state index contributed by atoms with van der Waals surface area (Å²) in [5.41, 5.74) is 1.06. The Bertz CT molecular complexity index is 391. The molecular formula is C14H24N4O. The van der Waals surface area contributed by atoms with Gasteiger partial charge in [-0.3, -0.25) is 0 Å². The van der Waals surface area contributed by atoms with Crippen molar-refractivity contribution in [1.82, 2.24) is 14.9 Å². The molecule has 19 heavy (non-hydrogen) atoms. The highest BCUT2D eigenvalue weighted by atomic mass is 16.5. The molecule has 0 saturated carbocycles. The molecule has 1 aliphatic rings. The number of nitrogens with zero attached hydrogens (tertiary/aromatic N) is 4. The Kier molecular flexibility index (Phi) is 5.10. The summed E-state index contributed by atoms with van der Waals surface area (Å²) in [5, 5.41) is 0. The van der Waals surface area contributed by atoms with Gasteiger partial charge < -0.3 is 14.5 Å². The molecule has 5 heteroatoms. The van der Waals surface area contributed by atoms with E-state index in [9.17, 15) is 0 Å². The molecule has 106 valence electrons. The highest BCUT2D eigenvalue weighted by Crippen LogP contribution is 2.15. The number of ether oxygens (including phenoxy) is 1. The van der Waals surface area contributed by atoms with Gasteiger partial charge in [-0.05, 0) is 32.4 Å². The van der Waals surface area contributed by atoms with Crippen LogP contribution in [-0.4, -0.2) is 55.3 Å². The molecule has 2 rings (SSSR count). The third-order valence-electron chi connectivity index (χ3n) is 3.39. The number of rotatable bonds is 6. The molecule has 0 radical (unpaired) electrons. The molecule has 5 nitrogen and oxygen atoms in total. The van der Waals surface area contributed by atoms with E-state index in [1.165, 1.54) is 12.8 Å². The van der Waals surface area contributed by atoms with E-state index in [0.717, 1.165) is 37.8 Å². The lowest BCUT2D eigenvalue weighted by Crippen LogP contribution is -2.24. The smallest absolute Gasteiger partial charge is 0.225 e. The van der Waals surface area contributed by atoms with Gasteiger partial charge in [-0.1, -0.05) is 0 Å². The summed E-state index contributed by atoms with van der Waals surface area (Å²) in [6, 6.07) is 1.98. The van der Waals surface area contributed by atoms with Gasteiger partial charge in [0.25, 0.3) is 0 Å². The molecule has 0 unspecified atom stereocenters. The first-order chi connectivity index (χ1) is 9.15. The van der Waals surface area contributed by atoms with Gasteiger partial charge in [-0.15, -0.1) is 0 Å². The average Bonchev–Trinajstić information content (AvgIpc) is 2.90. The van der Waals surface area contributed by atoms with Crippen molar-refractivity contribution in [3.05, 3.63) is 18.0 Å². The summed E-state index contributed by atoms with van der Waals surface area (Å²) < 4.78 is 5.65. The van der Waals surface area contributed by atoms with Crippen molar-refractivity contribution in [3.8, 4) is 0 Å². The Morgan fingerprint density at radius 1 is 1.37 bits per heavy atom. The summed E-state index contributed by atoms with van der Waals surface area (Å²) in [7, 11) is 6.05. The molecule has 0 aromatic carbocycles. The van der Waals surface area contributed by atoms with Crippen molar-refractivity contribution in [3.63, 3.8) is 0 Å². The van der Waals surface area contributed by atoms with Crippen molar-refractivity contribution in [2.75, 3.05) is 39.2 Å². The Balaban J connectivity index is 1.80. The first-order valence-electron chi connectivity index (χ1n) is 6.94. The first-order valence-corrected chi connectivity index (χ1v) is 6.94. The van der Waals surface area contributed by atoms with E-state index in [-0.39, 0.29) is 0 Å². The molecule has 0 spiro atoms. The molecule has 1 saturated heterocycles. The van der Waals surface area contributed by atoms with Crippen molar-refractivity contribution < 1.29 is 4.74 Å². The van der Waals surface area contributed by atoms with Crippen LogP contribution in [0.5, 0.6) is 0 Å². The van der Waals surface area contributed by atoms with Gasteiger partial charge in [0.2, 0.25) is 5.95 Å². The van der Waals surface area contributed by atoms with Crippen molar-refractivity contribution in [1.29, 1.82) is 0 Å². The van der Waals surface area contributed by atoms with Crippen molar-refractivity contribution in [2.45, 2.75) is 31.9 Å². The second-order valence-electron chi connectivity index (χ2n) is 5.40. The first kappa shape index (κ1) is 14.2. The van der Waals surface area contributed by atoms with Gasteiger partial charge in [0.15, 0.2) is 0 Å². The predicted molar refractivity (Wildman–Crippen MR) is 76.3 cm³/mol. The van der Waals surface area contributed by atoms with Crippen LogP contribution in [0.4, 0.5) is 5.95 Å². The summed E-state index contributed by atoms with van der Waals surface area (Å²) in [6.45, 7) is 2.84. The number of anilines is 1. The Morgan fingerprint density at radius 3 is 2.89 bits per heavy atom. The summed E-state index contributed by atoms with van der Waals surface area (Å²) in [5.74, 6) is 0.769. The fraction of sp³-hybridized carbons (Fsp3) is 0.714. The van der Waals surface area contributed by atoms with Crippen LogP contribution in [0.15, 0.2) is 12.3 Å². The Hall–Kier alpha value is -1.20. The zero-order valence-electron chi connectivity index (χ0n) is 12.2. The molecule has 1 aliphatic heterocycles. The summed E-state index contributed by atoms with van der Waals surface area (Å²) in [6.07, 6.45) is 5.83. The van der Waals surface area contributed by atoms with Gasteiger partial charge in [0, 0.05) is 40.0 Å². The van der Waals surface area contributed by atoms with E-state index in [1.807, 2.05) is 31.3 Å². The van der Waals surface area contributed by atoms with Gasteiger partial charge in [-0.25, -0.2) is 9.97 Å². The SMILES string of the molecule is CN(CC[C@H]1CCCO1)Cc1ccnc(N(C)C)n1. The third kappa shape index (κ3) is 4.44.